The summed E-state index contributed by atoms with van der Waals surface area (Å²) in [5.41, 5.74) is 4.31. The lowest BCUT2D eigenvalue weighted by molar-refractivity contribution is 0.0473. The minimum absolute atomic E-state index is 0.0000814. The van der Waals surface area contributed by atoms with E-state index in [0.29, 0.717) is 25.3 Å². The van der Waals surface area contributed by atoms with Crippen LogP contribution < -0.4 is 4.74 Å². The topological polar surface area (TPSA) is 53.0 Å². The Bertz CT molecular complexity index is 929. The summed E-state index contributed by atoms with van der Waals surface area (Å²) in [6, 6.07) is 14.7. The predicted octanol–water partition coefficient (Wildman–Crippen LogP) is 4.65. The summed E-state index contributed by atoms with van der Waals surface area (Å²) < 4.78 is 6.20. The number of ether oxygens (including phenoxy) is 1. The molecule has 1 fully saturated rings. The zero-order chi connectivity index (χ0) is 23.0. The number of rotatable bonds is 3. The second-order valence-corrected chi connectivity index (χ2v) is 9.55. The smallest absolute Gasteiger partial charge is 0.253 e. The standard InChI is InChI=1S/C28H38N2O3/c1-2-13-29-14-4-3-5-16-33-27-12-11-24(28(32)30-15-7-10-26(31)21-30)19-25(27)18-22-8-6-9-23(17-22)20-29/h6,8-9,11-12,17,19,26,31H,2-5,7,10,13-16,18,20-21H2,1H3. The van der Waals surface area contributed by atoms with E-state index in [-0.39, 0.29) is 5.91 Å². The van der Waals surface area contributed by atoms with Crippen LogP contribution in [0, 0.1) is 0 Å². The number of likely N-dealkylation sites (tertiary alicyclic amines) is 1. The Morgan fingerprint density at radius 3 is 2.79 bits per heavy atom. The highest BCUT2D eigenvalue weighted by Gasteiger charge is 2.24. The Kier molecular flexibility index (Phi) is 8.40. The van der Waals surface area contributed by atoms with Crippen molar-refractivity contribution in [2.75, 3.05) is 32.8 Å². The normalized spacial score (nSPS) is 20.4. The minimum atomic E-state index is -0.418. The molecule has 2 aromatic carbocycles. The molecule has 178 valence electrons. The molecular formula is C28H38N2O3. The zero-order valence-electron chi connectivity index (χ0n) is 20.0. The molecule has 4 rings (SSSR count). The van der Waals surface area contributed by atoms with Crippen molar-refractivity contribution in [3.63, 3.8) is 0 Å². The van der Waals surface area contributed by atoms with Crippen molar-refractivity contribution in [1.29, 1.82) is 0 Å². The number of carbonyl (C=O) groups excluding carboxylic acids is 1. The molecule has 33 heavy (non-hydrogen) atoms. The van der Waals surface area contributed by atoms with Gasteiger partial charge in [0.25, 0.3) is 5.91 Å². The highest BCUT2D eigenvalue weighted by Crippen LogP contribution is 2.26. The van der Waals surface area contributed by atoms with E-state index < -0.39 is 6.10 Å². The average molecular weight is 451 g/mol. The lowest BCUT2D eigenvalue weighted by Gasteiger charge is -2.30. The average Bonchev–Trinajstić information content (AvgIpc) is 2.81. The van der Waals surface area contributed by atoms with E-state index in [1.165, 1.54) is 24.0 Å². The summed E-state index contributed by atoms with van der Waals surface area (Å²) in [4.78, 5) is 17.5. The van der Waals surface area contributed by atoms with Crippen molar-refractivity contribution < 1.29 is 14.6 Å². The van der Waals surface area contributed by atoms with Gasteiger partial charge in [-0.1, -0.05) is 31.2 Å². The minimum Gasteiger partial charge on any atom is -0.493 e. The Morgan fingerprint density at radius 1 is 1.06 bits per heavy atom. The van der Waals surface area contributed by atoms with E-state index in [1.54, 1.807) is 4.90 Å². The molecule has 2 aliphatic heterocycles. The summed E-state index contributed by atoms with van der Waals surface area (Å²) in [5, 5.41) is 10.00. The monoisotopic (exact) mass is 450 g/mol. The number of fused-ring (bicyclic) bond motifs is 3. The van der Waals surface area contributed by atoms with E-state index in [4.69, 9.17) is 4.74 Å². The molecule has 2 heterocycles. The van der Waals surface area contributed by atoms with Crippen molar-refractivity contribution in [2.24, 2.45) is 0 Å². The maximum absolute atomic E-state index is 13.1. The molecule has 5 heteroatoms. The van der Waals surface area contributed by atoms with Gasteiger partial charge in [-0.2, -0.15) is 0 Å². The number of hydrogen-bond acceptors (Lipinski definition) is 4. The van der Waals surface area contributed by atoms with Gasteiger partial charge in [0.05, 0.1) is 12.7 Å². The van der Waals surface area contributed by atoms with Crippen LogP contribution in [0.2, 0.25) is 0 Å². The van der Waals surface area contributed by atoms with Gasteiger partial charge in [-0.3, -0.25) is 9.69 Å². The summed E-state index contributed by atoms with van der Waals surface area (Å²) >= 11 is 0. The Hall–Kier alpha value is -2.37. The predicted molar refractivity (Wildman–Crippen MR) is 132 cm³/mol. The maximum Gasteiger partial charge on any atom is 0.253 e. The zero-order valence-corrected chi connectivity index (χ0v) is 20.0. The number of piperidine rings is 1. The number of β-amino-alcohol motifs (C(OH)–C–C–N with tert-alkyl or cyclic N) is 1. The van der Waals surface area contributed by atoms with Gasteiger partial charge in [0.1, 0.15) is 5.75 Å². The first-order chi connectivity index (χ1) is 16.1. The van der Waals surface area contributed by atoms with E-state index >= 15 is 0 Å². The highest BCUT2D eigenvalue weighted by atomic mass is 16.5. The number of carbonyl (C=O) groups is 1. The quantitative estimate of drug-likeness (QED) is 0.740. The molecule has 2 aliphatic rings. The third kappa shape index (κ3) is 6.58. The summed E-state index contributed by atoms with van der Waals surface area (Å²) in [5.74, 6) is 0.875. The van der Waals surface area contributed by atoms with Crippen LogP contribution in [0.25, 0.3) is 0 Å². The fourth-order valence-corrected chi connectivity index (χ4v) is 5.01. The lowest BCUT2D eigenvalue weighted by atomic mass is 9.99. The third-order valence-corrected chi connectivity index (χ3v) is 6.70. The second kappa shape index (κ2) is 11.7. The van der Waals surface area contributed by atoms with Gasteiger partial charge in [-0.25, -0.2) is 0 Å². The van der Waals surface area contributed by atoms with E-state index in [1.807, 2.05) is 18.2 Å². The van der Waals surface area contributed by atoms with Crippen LogP contribution in [0.4, 0.5) is 0 Å². The van der Waals surface area contributed by atoms with Gasteiger partial charge in [0, 0.05) is 31.6 Å². The van der Waals surface area contributed by atoms with Gasteiger partial charge in [0.15, 0.2) is 0 Å². The lowest BCUT2D eigenvalue weighted by Crippen LogP contribution is -2.42. The first-order valence-electron chi connectivity index (χ1n) is 12.7. The molecule has 1 unspecified atom stereocenters. The largest absolute Gasteiger partial charge is 0.493 e. The molecular weight excluding hydrogens is 412 g/mol. The van der Waals surface area contributed by atoms with Crippen LogP contribution in [0.3, 0.4) is 0 Å². The SMILES string of the molecule is CCCN1CCCCCOc2ccc(C(=O)N3CCCC(O)C3)cc2Cc2cccc(c2)C1. The summed E-state index contributed by atoms with van der Waals surface area (Å²) in [6.45, 7) is 7.32. The number of aliphatic hydroxyl groups excluding tert-OH is 1. The number of hydrogen-bond donors (Lipinski definition) is 1. The fraction of sp³-hybridized carbons (Fsp3) is 0.536. The van der Waals surface area contributed by atoms with Crippen LogP contribution in [0.15, 0.2) is 42.5 Å². The van der Waals surface area contributed by atoms with Crippen LogP contribution in [-0.4, -0.2) is 59.7 Å². The van der Waals surface area contributed by atoms with Crippen molar-refractivity contribution >= 4 is 5.91 Å². The van der Waals surface area contributed by atoms with E-state index in [9.17, 15) is 9.90 Å². The molecule has 1 N–H and O–H groups in total. The van der Waals surface area contributed by atoms with Crippen LogP contribution >= 0.6 is 0 Å². The van der Waals surface area contributed by atoms with Crippen molar-refractivity contribution in [1.82, 2.24) is 9.80 Å². The molecule has 1 amide bonds. The van der Waals surface area contributed by atoms with Crippen LogP contribution in [0.1, 0.15) is 72.5 Å². The molecule has 0 aliphatic carbocycles. The molecule has 2 bridgehead atoms. The van der Waals surface area contributed by atoms with Gasteiger partial charge >= 0.3 is 0 Å². The van der Waals surface area contributed by atoms with Gasteiger partial charge in [-0.05, 0) is 86.5 Å². The molecule has 1 atom stereocenters. The molecule has 0 saturated carbocycles. The van der Waals surface area contributed by atoms with E-state index in [2.05, 4.69) is 36.1 Å². The first-order valence-corrected chi connectivity index (χ1v) is 12.7. The number of benzene rings is 2. The maximum atomic E-state index is 13.1. The summed E-state index contributed by atoms with van der Waals surface area (Å²) in [6.07, 6.45) is 6.49. The van der Waals surface area contributed by atoms with E-state index in [0.717, 1.165) is 63.1 Å². The molecule has 1 saturated heterocycles. The van der Waals surface area contributed by atoms with Crippen LogP contribution in [-0.2, 0) is 13.0 Å². The third-order valence-electron chi connectivity index (χ3n) is 6.70. The van der Waals surface area contributed by atoms with Gasteiger partial charge < -0.3 is 14.7 Å². The molecule has 2 aromatic rings. The number of nitrogens with zero attached hydrogens (tertiary/aromatic N) is 2. The second-order valence-electron chi connectivity index (χ2n) is 9.55. The fourth-order valence-electron chi connectivity index (χ4n) is 5.01. The Balaban J connectivity index is 1.59. The molecule has 0 radical (unpaired) electrons. The van der Waals surface area contributed by atoms with Gasteiger partial charge in [0.2, 0.25) is 0 Å². The summed E-state index contributed by atoms with van der Waals surface area (Å²) in [7, 11) is 0. The highest BCUT2D eigenvalue weighted by molar-refractivity contribution is 5.94. The Labute approximate surface area is 198 Å². The molecule has 0 spiro atoms. The number of aliphatic hydroxyl groups is 1. The Morgan fingerprint density at radius 2 is 1.94 bits per heavy atom. The van der Waals surface area contributed by atoms with Crippen molar-refractivity contribution in [2.45, 2.75) is 64.5 Å². The first kappa shape index (κ1) is 23.8. The molecule has 0 aromatic heterocycles. The van der Waals surface area contributed by atoms with Crippen molar-refractivity contribution in [3.05, 3.63) is 64.7 Å². The molecule has 5 nitrogen and oxygen atoms in total. The van der Waals surface area contributed by atoms with Gasteiger partial charge in [-0.15, -0.1) is 0 Å². The number of amides is 1. The van der Waals surface area contributed by atoms with Crippen molar-refractivity contribution in [3.8, 4) is 5.75 Å². The van der Waals surface area contributed by atoms with Crippen LogP contribution in [0.5, 0.6) is 5.75 Å².